The predicted molar refractivity (Wildman–Crippen MR) is 87.0 cm³/mol. The van der Waals surface area contributed by atoms with Crippen LogP contribution in [-0.2, 0) is 6.54 Å². The fourth-order valence-corrected chi connectivity index (χ4v) is 3.15. The molecule has 0 radical (unpaired) electrons. The van der Waals surface area contributed by atoms with Crippen LogP contribution in [0.4, 0.5) is 0 Å². The van der Waals surface area contributed by atoms with Crippen molar-refractivity contribution in [2.75, 3.05) is 13.7 Å². The Morgan fingerprint density at radius 3 is 2.67 bits per heavy atom. The lowest BCUT2D eigenvalue weighted by atomic mass is 9.85. The summed E-state index contributed by atoms with van der Waals surface area (Å²) in [5, 5.41) is 3.36. The van der Waals surface area contributed by atoms with Gasteiger partial charge in [-0.25, -0.2) is 0 Å². The molecule has 0 amide bonds. The molecule has 2 rings (SSSR count). The Morgan fingerprint density at radius 1 is 1.14 bits per heavy atom. The van der Waals surface area contributed by atoms with Gasteiger partial charge in [0, 0.05) is 6.54 Å². The van der Waals surface area contributed by atoms with Gasteiger partial charge in [-0.15, -0.1) is 0 Å². The number of hydrogen-bond donors (Lipinski definition) is 1. The summed E-state index contributed by atoms with van der Waals surface area (Å²) in [7, 11) is 1.71. The molecule has 0 spiro atoms. The van der Waals surface area contributed by atoms with Gasteiger partial charge in [0.25, 0.3) is 0 Å². The highest BCUT2D eigenvalue weighted by Crippen LogP contribution is 2.35. The molecule has 0 aromatic heterocycles. The van der Waals surface area contributed by atoms with Gasteiger partial charge in [-0.05, 0) is 55.8 Å². The largest absolute Gasteiger partial charge is 0.493 e. The SMILES string of the molecule is CCNCc1ccc(OC)c(OC2CCCCC2CC)c1. The highest BCUT2D eigenvalue weighted by atomic mass is 16.5. The second kappa shape index (κ2) is 8.28. The van der Waals surface area contributed by atoms with Crippen molar-refractivity contribution in [1.29, 1.82) is 0 Å². The number of methoxy groups -OCH3 is 1. The maximum atomic E-state index is 6.35. The molecule has 1 N–H and O–H groups in total. The molecule has 118 valence electrons. The first-order valence-corrected chi connectivity index (χ1v) is 8.32. The summed E-state index contributed by atoms with van der Waals surface area (Å²) >= 11 is 0. The van der Waals surface area contributed by atoms with Crippen molar-refractivity contribution in [1.82, 2.24) is 5.32 Å². The van der Waals surface area contributed by atoms with Crippen LogP contribution in [0.5, 0.6) is 11.5 Å². The molecule has 1 aliphatic rings. The van der Waals surface area contributed by atoms with E-state index in [9.17, 15) is 0 Å². The van der Waals surface area contributed by atoms with Crippen molar-refractivity contribution < 1.29 is 9.47 Å². The molecule has 1 aromatic rings. The van der Waals surface area contributed by atoms with Crippen molar-refractivity contribution in [3.05, 3.63) is 23.8 Å². The van der Waals surface area contributed by atoms with E-state index in [2.05, 4.69) is 31.3 Å². The Morgan fingerprint density at radius 2 is 1.95 bits per heavy atom. The van der Waals surface area contributed by atoms with E-state index >= 15 is 0 Å². The zero-order valence-corrected chi connectivity index (χ0v) is 13.7. The Hall–Kier alpha value is -1.22. The number of hydrogen-bond acceptors (Lipinski definition) is 3. The molecule has 0 bridgehead atoms. The highest BCUT2D eigenvalue weighted by molar-refractivity contribution is 5.43. The lowest BCUT2D eigenvalue weighted by Crippen LogP contribution is -2.30. The Bertz CT molecular complexity index is 433. The summed E-state index contributed by atoms with van der Waals surface area (Å²) in [5.74, 6) is 2.43. The molecular weight excluding hydrogens is 262 g/mol. The van der Waals surface area contributed by atoms with E-state index in [1.165, 1.54) is 37.7 Å². The maximum Gasteiger partial charge on any atom is 0.161 e. The van der Waals surface area contributed by atoms with Gasteiger partial charge >= 0.3 is 0 Å². The van der Waals surface area contributed by atoms with E-state index in [1.54, 1.807) is 7.11 Å². The maximum absolute atomic E-state index is 6.35. The molecule has 3 nitrogen and oxygen atoms in total. The lowest BCUT2D eigenvalue weighted by Gasteiger charge is -2.31. The van der Waals surface area contributed by atoms with Gasteiger partial charge in [0.15, 0.2) is 11.5 Å². The van der Waals surface area contributed by atoms with E-state index in [0.29, 0.717) is 12.0 Å². The molecule has 1 aliphatic carbocycles. The molecule has 2 unspecified atom stereocenters. The van der Waals surface area contributed by atoms with E-state index in [1.807, 2.05) is 6.07 Å². The third-order valence-electron chi connectivity index (χ3n) is 4.45. The van der Waals surface area contributed by atoms with Gasteiger partial charge in [0.05, 0.1) is 7.11 Å². The number of nitrogens with one attached hydrogen (secondary N) is 1. The van der Waals surface area contributed by atoms with Crippen LogP contribution in [0.15, 0.2) is 18.2 Å². The van der Waals surface area contributed by atoms with Crippen LogP contribution in [0.1, 0.15) is 51.5 Å². The van der Waals surface area contributed by atoms with Crippen LogP contribution >= 0.6 is 0 Å². The van der Waals surface area contributed by atoms with Crippen LogP contribution in [0, 0.1) is 5.92 Å². The topological polar surface area (TPSA) is 30.5 Å². The summed E-state index contributed by atoms with van der Waals surface area (Å²) in [4.78, 5) is 0. The fraction of sp³-hybridized carbons (Fsp3) is 0.667. The average Bonchev–Trinajstić information content (AvgIpc) is 2.53. The molecule has 1 aromatic carbocycles. The molecule has 0 saturated heterocycles. The van der Waals surface area contributed by atoms with Gasteiger partial charge in [-0.1, -0.05) is 26.3 Å². The van der Waals surface area contributed by atoms with Crippen LogP contribution in [0.25, 0.3) is 0 Å². The van der Waals surface area contributed by atoms with Gasteiger partial charge in [-0.2, -0.15) is 0 Å². The molecular formula is C18H29NO2. The van der Waals surface area contributed by atoms with Crippen LogP contribution in [-0.4, -0.2) is 19.8 Å². The fourth-order valence-electron chi connectivity index (χ4n) is 3.15. The zero-order valence-electron chi connectivity index (χ0n) is 13.7. The first-order valence-electron chi connectivity index (χ1n) is 8.32. The monoisotopic (exact) mass is 291 g/mol. The quantitative estimate of drug-likeness (QED) is 0.818. The Kier molecular flexibility index (Phi) is 6.37. The minimum Gasteiger partial charge on any atom is -0.493 e. The van der Waals surface area contributed by atoms with Crippen molar-refractivity contribution in [2.45, 2.75) is 58.6 Å². The van der Waals surface area contributed by atoms with E-state index in [-0.39, 0.29) is 0 Å². The van der Waals surface area contributed by atoms with Crippen LogP contribution < -0.4 is 14.8 Å². The number of benzene rings is 1. The summed E-state index contributed by atoms with van der Waals surface area (Å²) in [6.45, 7) is 6.24. The average molecular weight is 291 g/mol. The molecule has 1 fully saturated rings. The van der Waals surface area contributed by atoms with Crippen molar-refractivity contribution in [3.63, 3.8) is 0 Å². The van der Waals surface area contributed by atoms with Crippen LogP contribution in [0.3, 0.4) is 0 Å². The summed E-state index contributed by atoms with van der Waals surface area (Å²) in [6, 6.07) is 6.25. The normalized spacial score (nSPS) is 22.0. The van der Waals surface area contributed by atoms with E-state index in [4.69, 9.17) is 9.47 Å². The second-order valence-corrected chi connectivity index (χ2v) is 5.87. The number of ether oxygens (including phenoxy) is 2. The predicted octanol–water partition coefficient (Wildman–Crippen LogP) is 4.15. The Labute approximate surface area is 129 Å². The third-order valence-corrected chi connectivity index (χ3v) is 4.45. The second-order valence-electron chi connectivity index (χ2n) is 5.87. The minimum atomic E-state index is 0.340. The molecule has 3 heteroatoms. The summed E-state index contributed by atoms with van der Waals surface area (Å²) in [5.41, 5.74) is 1.25. The highest BCUT2D eigenvalue weighted by Gasteiger charge is 2.26. The molecule has 1 saturated carbocycles. The number of rotatable bonds is 7. The van der Waals surface area contributed by atoms with Gasteiger partial charge < -0.3 is 14.8 Å². The molecule has 0 heterocycles. The van der Waals surface area contributed by atoms with Crippen molar-refractivity contribution in [3.8, 4) is 11.5 Å². The van der Waals surface area contributed by atoms with Gasteiger partial charge in [0.2, 0.25) is 0 Å². The summed E-state index contributed by atoms with van der Waals surface area (Å²) in [6.07, 6.45) is 6.62. The molecule has 0 aliphatic heterocycles. The molecule has 2 atom stereocenters. The molecule has 21 heavy (non-hydrogen) atoms. The minimum absolute atomic E-state index is 0.340. The smallest absolute Gasteiger partial charge is 0.161 e. The van der Waals surface area contributed by atoms with Gasteiger partial charge in [-0.3, -0.25) is 0 Å². The standard InChI is InChI=1S/C18H29NO2/c1-4-15-8-6-7-9-16(15)21-18-12-14(13-19-5-2)10-11-17(18)20-3/h10-12,15-16,19H,4-9,13H2,1-3H3. The van der Waals surface area contributed by atoms with Crippen molar-refractivity contribution >= 4 is 0 Å². The summed E-state index contributed by atoms with van der Waals surface area (Å²) < 4.78 is 11.8. The van der Waals surface area contributed by atoms with E-state index < -0.39 is 0 Å². The lowest BCUT2D eigenvalue weighted by molar-refractivity contribution is 0.0872. The van der Waals surface area contributed by atoms with Crippen LogP contribution in [0.2, 0.25) is 0 Å². The van der Waals surface area contributed by atoms with Gasteiger partial charge in [0.1, 0.15) is 6.10 Å². The van der Waals surface area contributed by atoms with Crippen molar-refractivity contribution in [2.24, 2.45) is 5.92 Å². The van der Waals surface area contributed by atoms with E-state index in [0.717, 1.165) is 24.6 Å². The first-order chi connectivity index (χ1) is 10.3. The zero-order chi connectivity index (χ0) is 15.1. The first kappa shape index (κ1) is 16.2. The Balaban J connectivity index is 2.12. The third kappa shape index (κ3) is 4.37.